The van der Waals surface area contributed by atoms with E-state index in [9.17, 15) is 0 Å². The molecule has 0 amide bonds. The average Bonchev–Trinajstić information content (AvgIpc) is 2.48. The molecule has 1 heterocycles. The van der Waals surface area contributed by atoms with Crippen LogP contribution < -0.4 is 10.2 Å². The summed E-state index contributed by atoms with van der Waals surface area (Å²) in [5.41, 5.74) is 2.47. The van der Waals surface area contributed by atoms with Crippen molar-refractivity contribution in [3.8, 4) is 0 Å². The second-order valence-electron chi connectivity index (χ2n) is 4.83. The van der Waals surface area contributed by atoms with Crippen LogP contribution in [0.2, 0.25) is 0 Å². The number of unbranched alkanes of at least 4 members (excludes halogenated alkanes) is 2. The van der Waals surface area contributed by atoms with Crippen LogP contribution in [-0.4, -0.2) is 44.6 Å². The number of hydrogen-bond acceptors (Lipinski definition) is 4. The van der Waals surface area contributed by atoms with E-state index in [1.165, 1.54) is 11.4 Å². The molecule has 2 N–H and O–H groups in total. The van der Waals surface area contributed by atoms with Crippen LogP contribution in [0.3, 0.4) is 0 Å². The van der Waals surface area contributed by atoms with Crippen molar-refractivity contribution in [2.24, 2.45) is 0 Å². The lowest BCUT2D eigenvalue weighted by molar-refractivity contribution is 0.123. The van der Waals surface area contributed by atoms with Crippen LogP contribution in [0.5, 0.6) is 0 Å². The lowest BCUT2D eigenvalue weighted by atomic mass is 10.2. The fourth-order valence-corrected chi connectivity index (χ4v) is 2.34. The number of benzene rings is 1. The third-order valence-corrected chi connectivity index (χ3v) is 3.41. The van der Waals surface area contributed by atoms with Crippen LogP contribution in [-0.2, 0) is 4.74 Å². The average molecular weight is 264 g/mol. The number of aliphatic hydroxyl groups excluding tert-OH is 1. The summed E-state index contributed by atoms with van der Waals surface area (Å²) in [4.78, 5) is 2.37. The predicted molar refractivity (Wildman–Crippen MR) is 78.9 cm³/mol. The van der Waals surface area contributed by atoms with E-state index in [0.29, 0.717) is 6.61 Å². The third-order valence-electron chi connectivity index (χ3n) is 3.41. The molecule has 0 atom stereocenters. The van der Waals surface area contributed by atoms with Gasteiger partial charge in [0.15, 0.2) is 0 Å². The molecule has 1 aliphatic rings. The van der Waals surface area contributed by atoms with Gasteiger partial charge in [0.1, 0.15) is 0 Å². The van der Waals surface area contributed by atoms with Crippen molar-refractivity contribution in [1.29, 1.82) is 0 Å². The molecule has 0 unspecified atom stereocenters. The minimum atomic E-state index is 0.296. The summed E-state index contributed by atoms with van der Waals surface area (Å²) < 4.78 is 5.40. The van der Waals surface area contributed by atoms with E-state index in [0.717, 1.165) is 52.1 Å². The molecule has 106 valence electrons. The fourth-order valence-electron chi connectivity index (χ4n) is 2.34. The Labute approximate surface area is 115 Å². The highest BCUT2D eigenvalue weighted by molar-refractivity contribution is 5.70. The largest absolute Gasteiger partial charge is 0.396 e. The van der Waals surface area contributed by atoms with Gasteiger partial charge in [0.2, 0.25) is 0 Å². The molecular weight excluding hydrogens is 240 g/mol. The summed E-state index contributed by atoms with van der Waals surface area (Å²) in [5.74, 6) is 0. The lowest BCUT2D eigenvalue weighted by Crippen LogP contribution is -2.36. The Morgan fingerprint density at radius 3 is 2.68 bits per heavy atom. The first kappa shape index (κ1) is 14.2. The van der Waals surface area contributed by atoms with Gasteiger partial charge >= 0.3 is 0 Å². The first-order chi connectivity index (χ1) is 9.42. The SMILES string of the molecule is OCCCCCNc1ccccc1N1CCOCC1. The number of ether oxygens (including phenoxy) is 1. The van der Waals surface area contributed by atoms with Crippen molar-refractivity contribution in [2.75, 3.05) is 49.7 Å². The maximum absolute atomic E-state index is 8.76. The maximum atomic E-state index is 8.76. The molecule has 0 spiro atoms. The Kier molecular flexibility index (Phi) is 5.98. The van der Waals surface area contributed by atoms with Crippen molar-refractivity contribution in [2.45, 2.75) is 19.3 Å². The molecule has 1 aromatic carbocycles. The topological polar surface area (TPSA) is 44.7 Å². The molecule has 1 aliphatic heterocycles. The van der Waals surface area contributed by atoms with Crippen LogP contribution in [0, 0.1) is 0 Å². The van der Waals surface area contributed by atoms with Crippen LogP contribution in [0.15, 0.2) is 24.3 Å². The Morgan fingerprint density at radius 2 is 1.89 bits per heavy atom. The van der Waals surface area contributed by atoms with E-state index >= 15 is 0 Å². The normalized spacial score (nSPS) is 15.5. The molecule has 1 aromatic rings. The molecule has 19 heavy (non-hydrogen) atoms. The van der Waals surface area contributed by atoms with Gasteiger partial charge in [-0.25, -0.2) is 0 Å². The minimum absolute atomic E-state index is 0.296. The summed E-state index contributed by atoms with van der Waals surface area (Å²) in [6.45, 7) is 4.80. The Morgan fingerprint density at radius 1 is 1.11 bits per heavy atom. The summed E-state index contributed by atoms with van der Waals surface area (Å²) >= 11 is 0. The number of aliphatic hydroxyl groups is 1. The molecular formula is C15H24N2O2. The highest BCUT2D eigenvalue weighted by Gasteiger charge is 2.13. The van der Waals surface area contributed by atoms with Gasteiger partial charge in [0.05, 0.1) is 24.6 Å². The van der Waals surface area contributed by atoms with Crippen molar-refractivity contribution in [3.05, 3.63) is 24.3 Å². The van der Waals surface area contributed by atoms with E-state index in [1.54, 1.807) is 0 Å². The van der Waals surface area contributed by atoms with E-state index in [-0.39, 0.29) is 0 Å². The quantitative estimate of drug-likeness (QED) is 0.740. The molecule has 1 saturated heterocycles. The highest BCUT2D eigenvalue weighted by atomic mass is 16.5. The Balaban J connectivity index is 1.88. The van der Waals surface area contributed by atoms with Gasteiger partial charge in [-0.05, 0) is 31.4 Å². The maximum Gasteiger partial charge on any atom is 0.0642 e. The second kappa shape index (κ2) is 8.02. The predicted octanol–water partition coefficient (Wildman–Crippen LogP) is 2.10. The number of nitrogens with one attached hydrogen (secondary N) is 1. The molecule has 0 saturated carbocycles. The van der Waals surface area contributed by atoms with Gasteiger partial charge in [-0.15, -0.1) is 0 Å². The molecule has 2 rings (SSSR count). The van der Waals surface area contributed by atoms with Crippen LogP contribution in [0.25, 0.3) is 0 Å². The molecule has 0 bridgehead atoms. The fraction of sp³-hybridized carbons (Fsp3) is 0.600. The number of para-hydroxylation sites is 2. The first-order valence-corrected chi connectivity index (χ1v) is 7.18. The lowest BCUT2D eigenvalue weighted by Gasteiger charge is -2.30. The van der Waals surface area contributed by atoms with Gasteiger partial charge in [-0.3, -0.25) is 0 Å². The van der Waals surface area contributed by atoms with Gasteiger partial charge in [-0.2, -0.15) is 0 Å². The summed E-state index contributed by atoms with van der Waals surface area (Å²) in [7, 11) is 0. The summed E-state index contributed by atoms with van der Waals surface area (Å²) in [6, 6.07) is 8.46. The molecule has 4 nitrogen and oxygen atoms in total. The van der Waals surface area contributed by atoms with Gasteiger partial charge in [0.25, 0.3) is 0 Å². The van der Waals surface area contributed by atoms with Crippen molar-refractivity contribution in [3.63, 3.8) is 0 Å². The van der Waals surface area contributed by atoms with E-state index in [4.69, 9.17) is 9.84 Å². The monoisotopic (exact) mass is 264 g/mol. The minimum Gasteiger partial charge on any atom is -0.396 e. The van der Waals surface area contributed by atoms with E-state index < -0.39 is 0 Å². The number of rotatable bonds is 7. The van der Waals surface area contributed by atoms with E-state index in [2.05, 4.69) is 34.5 Å². The Bertz CT molecular complexity index is 365. The smallest absolute Gasteiger partial charge is 0.0642 e. The first-order valence-electron chi connectivity index (χ1n) is 7.18. The number of anilines is 2. The summed E-state index contributed by atoms with van der Waals surface area (Å²) in [6.07, 6.45) is 3.06. The number of morpholine rings is 1. The zero-order chi connectivity index (χ0) is 13.3. The number of hydrogen-bond donors (Lipinski definition) is 2. The van der Waals surface area contributed by atoms with Crippen LogP contribution in [0.4, 0.5) is 11.4 Å². The molecule has 0 aliphatic carbocycles. The molecule has 1 fully saturated rings. The Hall–Kier alpha value is -1.26. The van der Waals surface area contributed by atoms with Crippen LogP contribution in [0.1, 0.15) is 19.3 Å². The van der Waals surface area contributed by atoms with Crippen molar-refractivity contribution < 1.29 is 9.84 Å². The third kappa shape index (κ3) is 4.40. The molecule has 0 radical (unpaired) electrons. The second-order valence-corrected chi connectivity index (χ2v) is 4.83. The zero-order valence-corrected chi connectivity index (χ0v) is 11.5. The molecule has 4 heteroatoms. The van der Waals surface area contributed by atoms with Crippen molar-refractivity contribution >= 4 is 11.4 Å². The van der Waals surface area contributed by atoms with Gasteiger partial charge in [0, 0.05) is 26.2 Å². The highest BCUT2D eigenvalue weighted by Crippen LogP contribution is 2.26. The standard InChI is InChI=1S/C15H24N2O2/c18-11-5-1-4-8-16-14-6-2-3-7-15(14)17-9-12-19-13-10-17/h2-3,6-7,16,18H,1,4-5,8-13H2. The van der Waals surface area contributed by atoms with Gasteiger partial charge < -0.3 is 20.1 Å². The molecule has 0 aromatic heterocycles. The van der Waals surface area contributed by atoms with Crippen LogP contribution >= 0.6 is 0 Å². The van der Waals surface area contributed by atoms with Gasteiger partial charge in [-0.1, -0.05) is 12.1 Å². The van der Waals surface area contributed by atoms with Crippen molar-refractivity contribution in [1.82, 2.24) is 0 Å². The number of nitrogens with zero attached hydrogens (tertiary/aromatic N) is 1. The zero-order valence-electron chi connectivity index (χ0n) is 11.5. The summed E-state index contributed by atoms with van der Waals surface area (Å²) in [5, 5.41) is 12.3. The van der Waals surface area contributed by atoms with E-state index in [1.807, 2.05) is 0 Å².